The van der Waals surface area contributed by atoms with Gasteiger partial charge < -0.3 is 9.47 Å². The number of nitrogens with zero attached hydrogens (tertiary/aromatic N) is 1. The molecule has 0 fully saturated rings. The molecule has 0 aromatic rings. The molecule has 0 aromatic heterocycles. The lowest BCUT2D eigenvalue weighted by Crippen LogP contribution is -2.60. The summed E-state index contributed by atoms with van der Waals surface area (Å²) >= 11 is 0. The summed E-state index contributed by atoms with van der Waals surface area (Å²) in [4.78, 5) is 35.8. The average Bonchev–Trinajstić information content (AvgIpc) is 2.21. The summed E-state index contributed by atoms with van der Waals surface area (Å²) in [6.07, 6.45) is -1.20. The van der Waals surface area contributed by atoms with Crippen molar-refractivity contribution in [2.24, 2.45) is 0 Å². The van der Waals surface area contributed by atoms with Crippen LogP contribution in [0.15, 0.2) is 0 Å². The lowest BCUT2D eigenvalue weighted by molar-refractivity contribution is -0.198. The third-order valence-corrected chi connectivity index (χ3v) is 2.47. The first kappa shape index (κ1) is 19.4. The van der Waals surface area contributed by atoms with Crippen molar-refractivity contribution in [3.63, 3.8) is 0 Å². The normalized spacial score (nSPS) is 14.9. The number of ether oxygens (including phenoxy) is 2. The highest BCUT2D eigenvalue weighted by Crippen LogP contribution is 2.23. The minimum atomic E-state index is -2.17. The second-order valence-electron chi connectivity index (χ2n) is 6.92. The van der Waals surface area contributed by atoms with Crippen LogP contribution in [0.25, 0.3) is 0 Å². The molecule has 0 saturated heterocycles. The quantitative estimate of drug-likeness (QED) is 0.372. The summed E-state index contributed by atoms with van der Waals surface area (Å²) in [5.74, 6) is -1.78. The standard InChI is InChI=1S/C14H25NO6/c1-9(16)14(8,10(17)20-12(2,3)4)15(19)11(18)21-13(5,6)7/h19H,1-8H3. The first-order valence-corrected chi connectivity index (χ1v) is 6.58. The molecule has 0 aromatic carbocycles. The van der Waals surface area contributed by atoms with Crippen LogP contribution >= 0.6 is 0 Å². The Labute approximate surface area is 125 Å². The van der Waals surface area contributed by atoms with Crippen LogP contribution < -0.4 is 0 Å². The first-order chi connectivity index (χ1) is 9.11. The summed E-state index contributed by atoms with van der Waals surface area (Å²) < 4.78 is 10.0. The molecule has 7 nitrogen and oxygen atoms in total. The van der Waals surface area contributed by atoms with Crippen LogP contribution in [-0.4, -0.2) is 44.9 Å². The van der Waals surface area contributed by atoms with Crippen LogP contribution in [0.5, 0.6) is 0 Å². The monoisotopic (exact) mass is 303 g/mol. The fourth-order valence-corrected chi connectivity index (χ4v) is 1.24. The Morgan fingerprint density at radius 1 is 0.857 bits per heavy atom. The Morgan fingerprint density at radius 3 is 1.52 bits per heavy atom. The maximum Gasteiger partial charge on any atom is 0.435 e. The van der Waals surface area contributed by atoms with Crippen LogP contribution in [-0.2, 0) is 19.1 Å². The van der Waals surface area contributed by atoms with Crippen molar-refractivity contribution in [2.75, 3.05) is 0 Å². The Balaban J connectivity index is 5.43. The molecule has 0 radical (unpaired) electrons. The molecule has 0 rings (SSSR count). The molecule has 0 saturated carbocycles. The topological polar surface area (TPSA) is 93.1 Å². The molecule has 7 heteroatoms. The molecule has 1 N–H and O–H groups in total. The molecule has 1 atom stereocenters. The summed E-state index contributed by atoms with van der Waals surface area (Å²) in [6.45, 7) is 11.8. The number of carbonyl (C=O) groups is 3. The van der Waals surface area contributed by atoms with Crippen molar-refractivity contribution in [3.05, 3.63) is 0 Å². The van der Waals surface area contributed by atoms with Crippen LogP contribution in [0.1, 0.15) is 55.4 Å². The molecule has 1 amide bonds. The minimum Gasteiger partial charge on any atom is -0.458 e. The van der Waals surface area contributed by atoms with E-state index in [0.717, 1.165) is 13.8 Å². The molecule has 0 aliphatic carbocycles. The zero-order valence-corrected chi connectivity index (χ0v) is 13.9. The molecule has 21 heavy (non-hydrogen) atoms. The van der Waals surface area contributed by atoms with Gasteiger partial charge in [-0.2, -0.15) is 5.06 Å². The zero-order valence-electron chi connectivity index (χ0n) is 13.9. The minimum absolute atomic E-state index is 0.0192. The Hall–Kier alpha value is -1.63. The third-order valence-electron chi connectivity index (χ3n) is 2.47. The van der Waals surface area contributed by atoms with Crippen molar-refractivity contribution in [1.29, 1.82) is 0 Å². The van der Waals surface area contributed by atoms with E-state index in [1.165, 1.54) is 0 Å². The number of esters is 1. The van der Waals surface area contributed by atoms with Gasteiger partial charge in [0.25, 0.3) is 0 Å². The van der Waals surface area contributed by atoms with Gasteiger partial charge in [0, 0.05) is 0 Å². The molecule has 0 spiro atoms. The van der Waals surface area contributed by atoms with Crippen molar-refractivity contribution >= 4 is 17.8 Å². The largest absolute Gasteiger partial charge is 0.458 e. The van der Waals surface area contributed by atoms with Gasteiger partial charge in [0.1, 0.15) is 11.2 Å². The van der Waals surface area contributed by atoms with Crippen LogP contribution in [0.3, 0.4) is 0 Å². The Kier molecular flexibility index (Phi) is 5.54. The number of Topliss-reactive ketones (excluding diaryl/α,β-unsaturated/α-hetero) is 1. The second kappa shape index (κ2) is 6.01. The number of ketones is 1. The van der Waals surface area contributed by atoms with Gasteiger partial charge in [-0.3, -0.25) is 10.0 Å². The highest BCUT2D eigenvalue weighted by atomic mass is 16.6. The summed E-state index contributed by atoms with van der Waals surface area (Å²) in [5.41, 5.74) is -3.93. The lowest BCUT2D eigenvalue weighted by atomic mass is 9.97. The maximum atomic E-state index is 12.2. The van der Waals surface area contributed by atoms with Crippen molar-refractivity contribution in [1.82, 2.24) is 5.06 Å². The van der Waals surface area contributed by atoms with E-state index in [1.54, 1.807) is 41.5 Å². The van der Waals surface area contributed by atoms with Crippen LogP contribution in [0.2, 0.25) is 0 Å². The van der Waals surface area contributed by atoms with Gasteiger partial charge in [-0.1, -0.05) is 0 Å². The molecular weight excluding hydrogens is 278 g/mol. The summed E-state index contributed by atoms with van der Waals surface area (Å²) in [7, 11) is 0. The van der Waals surface area contributed by atoms with E-state index >= 15 is 0 Å². The van der Waals surface area contributed by atoms with E-state index in [4.69, 9.17) is 9.47 Å². The van der Waals surface area contributed by atoms with Gasteiger partial charge in [-0.25, -0.2) is 9.59 Å². The molecule has 0 aliphatic heterocycles. The third kappa shape index (κ3) is 5.34. The average molecular weight is 303 g/mol. The van der Waals surface area contributed by atoms with Crippen molar-refractivity contribution in [2.45, 2.75) is 72.1 Å². The van der Waals surface area contributed by atoms with Gasteiger partial charge in [-0.15, -0.1) is 0 Å². The molecule has 122 valence electrons. The second-order valence-corrected chi connectivity index (χ2v) is 6.92. The van der Waals surface area contributed by atoms with Crippen molar-refractivity contribution < 1.29 is 29.1 Å². The van der Waals surface area contributed by atoms with Crippen LogP contribution in [0.4, 0.5) is 4.79 Å². The van der Waals surface area contributed by atoms with Gasteiger partial charge >= 0.3 is 12.1 Å². The smallest absolute Gasteiger partial charge is 0.435 e. The van der Waals surface area contributed by atoms with Gasteiger partial charge in [0.2, 0.25) is 5.54 Å². The fourth-order valence-electron chi connectivity index (χ4n) is 1.24. The van der Waals surface area contributed by atoms with E-state index < -0.39 is 34.6 Å². The summed E-state index contributed by atoms with van der Waals surface area (Å²) in [6, 6.07) is 0. The number of amides is 1. The van der Waals surface area contributed by atoms with E-state index in [0.29, 0.717) is 0 Å². The molecule has 1 unspecified atom stereocenters. The number of carbonyl (C=O) groups excluding carboxylic acids is 3. The molecule has 0 heterocycles. The van der Waals surface area contributed by atoms with Gasteiger partial charge in [0.05, 0.1) is 0 Å². The Bertz CT molecular complexity index is 432. The number of rotatable bonds is 3. The van der Waals surface area contributed by atoms with Crippen molar-refractivity contribution in [3.8, 4) is 0 Å². The molecule has 0 aliphatic rings. The first-order valence-electron chi connectivity index (χ1n) is 6.58. The fraction of sp³-hybridized carbons (Fsp3) is 0.786. The van der Waals surface area contributed by atoms with Gasteiger partial charge in [-0.05, 0) is 55.4 Å². The van der Waals surface area contributed by atoms with E-state index in [-0.39, 0.29) is 5.06 Å². The maximum absolute atomic E-state index is 12.2. The summed E-state index contributed by atoms with van der Waals surface area (Å²) in [5, 5.41) is 9.96. The zero-order chi connectivity index (χ0) is 17.2. The van der Waals surface area contributed by atoms with E-state index in [9.17, 15) is 19.6 Å². The van der Waals surface area contributed by atoms with E-state index in [2.05, 4.69) is 0 Å². The molecular formula is C14H25NO6. The predicted octanol–water partition coefficient (Wildman–Crippen LogP) is 2.30. The highest BCUT2D eigenvalue weighted by Gasteiger charge is 2.50. The lowest BCUT2D eigenvalue weighted by Gasteiger charge is -2.35. The SMILES string of the molecule is CC(=O)C(C)(C(=O)OC(C)(C)C)N(O)C(=O)OC(C)(C)C. The highest BCUT2D eigenvalue weighted by molar-refractivity contribution is 6.08. The van der Waals surface area contributed by atoms with Gasteiger partial charge in [0.15, 0.2) is 5.78 Å². The molecule has 0 bridgehead atoms. The van der Waals surface area contributed by atoms with Crippen LogP contribution in [0, 0.1) is 0 Å². The predicted molar refractivity (Wildman–Crippen MR) is 74.8 cm³/mol. The Morgan fingerprint density at radius 2 is 1.24 bits per heavy atom. The number of hydrogen-bond acceptors (Lipinski definition) is 6. The number of hydrogen-bond donors (Lipinski definition) is 1. The number of hydroxylamine groups is 2. The van der Waals surface area contributed by atoms with E-state index in [1.807, 2.05) is 0 Å².